The maximum atomic E-state index is 10.4. The molecule has 4 aliphatic rings. The van der Waals surface area contributed by atoms with E-state index in [0.717, 1.165) is 54.3 Å². The van der Waals surface area contributed by atoms with Gasteiger partial charge < -0.3 is 5.11 Å². The summed E-state index contributed by atoms with van der Waals surface area (Å²) in [5.74, 6) is 6.46. The van der Waals surface area contributed by atoms with Gasteiger partial charge in [0.2, 0.25) is 0 Å². The van der Waals surface area contributed by atoms with Crippen molar-refractivity contribution >= 4 is 0 Å². The molecule has 1 N–H and O–H groups in total. The third-order valence-corrected chi connectivity index (χ3v) is 11.1. The van der Waals surface area contributed by atoms with E-state index < -0.39 is 0 Å². The first kappa shape index (κ1) is 22.2. The van der Waals surface area contributed by atoms with Crippen LogP contribution in [0, 0.1) is 52.3 Å². The van der Waals surface area contributed by atoms with Gasteiger partial charge in [0, 0.05) is 0 Å². The summed E-state index contributed by atoms with van der Waals surface area (Å²) in [7, 11) is 0. The van der Waals surface area contributed by atoms with E-state index in [1.165, 1.54) is 70.6 Å². The molecule has 0 amide bonds. The zero-order valence-corrected chi connectivity index (χ0v) is 20.3. The summed E-state index contributed by atoms with van der Waals surface area (Å²) in [6.07, 6.45) is 17.9. The second-order valence-corrected chi connectivity index (χ2v) is 13.0. The molecule has 0 aliphatic heterocycles. The lowest BCUT2D eigenvalue weighted by molar-refractivity contribution is -0.106. The molecule has 4 saturated carbocycles. The summed E-state index contributed by atoms with van der Waals surface area (Å²) < 4.78 is 0. The Balaban J connectivity index is 1.47. The molecule has 4 rings (SSSR count). The van der Waals surface area contributed by atoms with E-state index in [-0.39, 0.29) is 6.10 Å². The van der Waals surface area contributed by atoms with E-state index in [4.69, 9.17) is 0 Å². The lowest BCUT2D eigenvalue weighted by atomic mass is 9.46. The summed E-state index contributed by atoms with van der Waals surface area (Å²) >= 11 is 0. The molecular formula is C28H50O. The van der Waals surface area contributed by atoms with Gasteiger partial charge in [-0.1, -0.05) is 60.3 Å². The van der Waals surface area contributed by atoms with Gasteiger partial charge in [0.1, 0.15) is 0 Å². The van der Waals surface area contributed by atoms with E-state index in [9.17, 15) is 5.11 Å². The molecule has 168 valence electrons. The molecule has 0 saturated heterocycles. The van der Waals surface area contributed by atoms with Crippen LogP contribution in [0.5, 0.6) is 0 Å². The lowest BCUT2D eigenvalue weighted by Gasteiger charge is -2.59. The maximum Gasteiger partial charge on any atom is 0.0543 e. The van der Waals surface area contributed by atoms with E-state index in [1.54, 1.807) is 0 Å². The average molecular weight is 403 g/mol. The van der Waals surface area contributed by atoms with Crippen molar-refractivity contribution < 1.29 is 5.11 Å². The monoisotopic (exact) mass is 402 g/mol. The van der Waals surface area contributed by atoms with Crippen molar-refractivity contribution in [2.75, 3.05) is 0 Å². The summed E-state index contributed by atoms with van der Waals surface area (Å²) in [6.45, 7) is 12.7. The lowest BCUT2D eigenvalue weighted by Crippen LogP contribution is -2.52. The Bertz CT molecular complexity index is 555. The van der Waals surface area contributed by atoms with E-state index in [2.05, 4.69) is 34.6 Å². The second-order valence-electron chi connectivity index (χ2n) is 13.0. The Labute approximate surface area is 181 Å². The molecule has 0 spiro atoms. The van der Waals surface area contributed by atoms with Gasteiger partial charge in [-0.2, -0.15) is 0 Å². The van der Waals surface area contributed by atoms with Crippen molar-refractivity contribution in [3.63, 3.8) is 0 Å². The van der Waals surface area contributed by atoms with Crippen LogP contribution in [0.3, 0.4) is 0 Å². The van der Waals surface area contributed by atoms with Gasteiger partial charge in [0.15, 0.2) is 0 Å². The van der Waals surface area contributed by atoms with Crippen molar-refractivity contribution in [3.8, 4) is 0 Å². The van der Waals surface area contributed by atoms with Gasteiger partial charge in [-0.05, 0) is 110 Å². The Morgan fingerprint density at radius 3 is 2.34 bits per heavy atom. The molecule has 0 aromatic heterocycles. The van der Waals surface area contributed by atoms with Gasteiger partial charge in [-0.15, -0.1) is 0 Å². The minimum Gasteiger partial charge on any atom is -0.393 e. The van der Waals surface area contributed by atoms with Crippen LogP contribution in [0.2, 0.25) is 0 Å². The van der Waals surface area contributed by atoms with Crippen LogP contribution in [-0.2, 0) is 0 Å². The summed E-state index contributed by atoms with van der Waals surface area (Å²) in [4.78, 5) is 0. The fourth-order valence-corrected chi connectivity index (χ4v) is 9.50. The molecular weight excluding hydrogens is 352 g/mol. The third kappa shape index (κ3) is 3.96. The Morgan fingerprint density at radius 1 is 0.828 bits per heavy atom. The first-order valence-corrected chi connectivity index (χ1v) is 13.4. The molecule has 29 heavy (non-hydrogen) atoms. The number of fused-ring (bicyclic) bond motifs is 5. The Kier molecular flexibility index (Phi) is 6.48. The molecule has 4 aliphatic carbocycles. The molecule has 0 bridgehead atoms. The fourth-order valence-electron chi connectivity index (χ4n) is 9.50. The highest BCUT2D eigenvalue weighted by Crippen LogP contribution is 2.68. The summed E-state index contributed by atoms with van der Waals surface area (Å²) in [5, 5.41) is 10.4. The van der Waals surface area contributed by atoms with Crippen molar-refractivity contribution in [2.24, 2.45) is 52.3 Å². The van der Waals surface area contributed by atoms with Gasteiger partial charge in [0.25, 0.3) is 0 Å². The predicted octanol–water partition coefficient (Wildman–Crippen LogP) is 7.86. The summed E-state index contributed by atoms with van der Waals surface area (Å²) in [6, 6.07) is 0. The number of aliphatic hydroxyl groups excluding tert-OH is 1. The van der Waals surface area contributed by atoms with Crippen molar-refractivity contribution in [3.05, 3.63) is 0 Å². The van der Waals surface area contributed by atoms with Gasteiger partial charge in [0.05, 0.1) is 6.10 Å². The molecule has 0 radical (unpaired) electrons. The predicted molar refractivity (Wildman–Crippen MR) is 124 cm³/mol. The van der Waals surface area contributed by atoms with Crippen LogP contribution in [0.1, 0.15) is 118 Å². The largest absolute Gasteiger partial charge is 0.393 e. The Hall–Kier alpha value is -0.0400. The smallest absolute Gasteiger partial charge is 0.0543 e. The fraction of sp³-hybridized carbons (Fsp3) is 1.00. The second kappa shape index (κ2) is 8.48. The van der Waals surface area contributed by atoms with Crippen molar-refractivity contribution in [1.29, 1.82) is 0 Å². The van der Waals surface area contributed by atoms with Crippen molar-refractivity contribution in [1.82, 2.24) is 0 Å². The SMILES string of the molecule is CC(C)CCC[C@@H](C)[C@H]1CC[C@H]2[C@H]3CC[C@H]4C[C@@H](O)CCC[C@]4(C)[C@@H]3CC[C@]12C. The van der Waals surface area contributed by atoms with Crippen LogP contribution in [-0.4, -0.2) is 11.2 Å². The van der Waals surface area contributed by atoms with E-state index >= 15 is 0 Å². The molecule has 9 atom stereocenters. The molecule has 0 heterocycles. The first-order chi connectivity index (χ1) is 13.8. The standard InChI is InChI=1S/C28H50O/c1-19(2)8-6-9-20(3)24-13-14-25-23-12-11-21-18-22(29)10-7-16-27(21,4)26(23)15-17-28(24,25)5/h19-26,29H,6-18H2,1-5H3/t20-,21+,22+,23-,24-,25+,26-,27+,28-/m1/s1. The van der Waals surface area contributed by atoms with Crippen molar-refractivity contribution in [2.45, 2.75) is 124 Å². The minimum absolute atomic E-state index is 0.0187. The molecule has 0 aromatic carbocycles. The van der Waals surface area contributed by atoms with Crippen LogP contribution in [0.4, 0.5) is 0 Å². The molecule has 1 nitrogen and oxygen atoms in total. The quantitative estimate of drug-likeness (QED) is 0.496. The number of hydrogen-bond acceptors (Lipinski definition) is 1. The normalized spacial score (nSPS) is 48.5. The highest BCUT2D eigenvalue weighted by molar-refractivity contribution is 5.09. The van der Waals surface area contributed by atoms with Crippen LogP contribution in [0.15, 0.2) is 0 Å². The number of rotatable bonds is 5. The van der Waals surface area contributed by atoms with Gasteiger partial charge in [-0.3, -0.25) is 0 Å². The number of hydrogen-bond donors (Lipinski definition) is 1. The molecule has 4 fully saturated rings. The highest BCUT2D eigenvalue weighted by atomic mass is 16.3. The summed E-state index contributed by atoms with van der Waals surface area (Å²) in [5.41, 5.74) is 1.13. The van der Waals surface area contributed by atoms with Crippen LogP contribution in [0.25, 0.3) is 0 Å². The number of aliphatic hydroxyl groups is 1. The van der Waals surface area contributed by atoms with E-state index in [0.29, 0.717) is 10.8 Å². The first-order valence-electron chi connectivity index (χ1n) is 13.4. The zero-order valence-electron chi connectivity index (χ0n) is 20.3. The molecule has 0 unspecified atom stereocenters. The topological polar surface area (TPSA) is 20.2 Å². The molecule has 0 aromatic rings. The average Bonchev–Trinajstić information content (AvgIpc) is 2.92. The minimum atomic E-state index is -0.0187. The molecule has 1 heteroatoms. The van der Waals surface area contributed by atoms with Gasteiger partial charge in [-0.25, -0.2) is 0 Å². The zero-order chi connectivity index (χ0) is 20.8. The van der Waals surface area contributed by atoms with E-state index in [1.807, 2.05) is 0 Å². The Morgan fingerprint density at radius 2 is 1.59 bits per heavy atom. The maximum absolute atomic E-state index is 10.4. The van der Waals surface area contributed by atoms with Crippen LogP contribution >= 0.6 is 0 Å². The third-order valence-electron chi connectivity index (χ3n) is 11.1. The van der Waals surface area contributed by atoms with Gasteiger partial charge >= 0.3 is 0 Å². The van der Waals surface area contributed by atoms with Crippen LogP contribution < -0.4 is 0 Å². The highest BCUT2D eigenvalue weighted by Gasteiger charge is 2.60.